The van der Waals surface area contributed by atoms with E-state index in [-0.39, 0.29) is 6.04 Å². The van der Waals surface area contributed by atoms with E-state index in [0.29, 0.717) is 12.0 Å². The van der Waals surface area contributed by atoms with Crippen molar-refractivity contribution in [2.24, 2.45) is 5.73 Å². The van der Waals surface area contributed by atoms with Gasteiger partial charge in [0.1, 0.15) is 0 Å². The third kappa shape index (κ3) is 4.43. The van der Waals surface area contributed by atoms with Crippen LogP contribution in [0.5, 0.6) is 0 Å². The first kappa shape index (κ1) is 15.2. The zero-order valence-corrected chi connectivity index (χ0v) is 12.5. The van der Waals surface area contributed by atoms with Crippen molar-refractivity contribution in [3.63, 3.8) is 0 Å². The lowest BCUT2D eigenvalue weighted by Gasteiger charge is -2.26. The highest BCUT2D eigenvalue weighted by atomic mass is 15.1. The summed E-state index contributed by atoms with van der Waals surface area (Å²) in [4.78, 5) is 2.28. The zero-order chi connectivity index (χ0) is 13.7. The lowest BCUT2D eigenvalue weighted by Crippen LogP contribution is -2.23. The van der Waals surface area contributed by atoms with Crippen LogP contribution in [0.4, 0.5) is 0 Å². The second-order valence-electron chi connectivity index (χ2n) is 5.86. The van der Waals surface area contributed by atoms with Crippen LogP contribution in [0.1, 0.15) is 56.7 Å². The Morgan fingerprint density at radius 3 is 1.83 bits per heavy atom. The van der Waals surface area contributed by atoms with Crippen molar-refractivity contribution in [3.8, 4) is 0 Å². The highest BCUT2D eigenvalue weighted by Gasteiger charge is 2.14. The van der Waals surface area contributed by atoms with Crippen LogP contribution < -0.4 is 5.73 Å². The second kappa shape index (κ2) is 6.91. The van der Waals surface area contributed by atoms with Crippen LogP contribution in [0.15, 0.2) is 24.3 Å². The average molecular weight is 248 g/mol. The second-order valence-corrected chi connectivity index (χ2v) is 5.86. The number of hydrogen-bond donors (Lipinski definition) is 1. The van der Waals surface area contributed by atoms with E-state index in [4.69, 9.17) is 5.73 Å². The average Bonchev–Trinajstić information content (AvgIpc) is 2.29. The lowest BCUT2D eigenvalue weighted by atomic mass is 9.95. The van der Waals surface area contributed by atoms with Gasteiger partial charge in [-0.1, -0.05) is 38.1 Å². The molecule has 2 unspecified atom stereocenters. The summed E-state index contributed by atoms with van der Waals surface area (Å²) in [5.41, 5.74) is 8.66. The van der Waals surface area contributed by atoms with Gasteiger partial charge in [-0.3, -0.25) is 0 Å². The van der Waals surface area contributed by atoms with E-state index in [1.165, 1.54) is 11.1 Å². The monoisotopic (exact) mass is 248 g/mol. The maximum Gasteiger partial charge on any atom is 0.0342 e. The van der Waals surface area contributed by atoms with E-state index in [1.54, 1.807) is 0 Å². The highest BCUT2D eigenvalue weighted by Crippen LogP contribution is 2.25. The fourth-order valence-corrected chi connectivity index (χ4v) is 2.25. The summed E-state index contributed by atoms with van der Waals surface area (Å²) in [6.07, 6.45) is 2.18. The minimum Gasteiger partial charge on any atom is -0.328 e. The number of nitrogens with two attached hydrogens (primary N) is 1. The molecule has 1 rings (SSSR count). The first-order valence-corrected chi connectivity index (χ1v) is 6.93. The van der Waals surface area contributed by atoms with E-state index in [0.717, 1.165) is 12.8 Å². The van der Waals surface area contributed by atoms with Gasteiger partial charge in [-0.2, -0.15) is 0 Å². The molecule has 0 saturated heterocycles. The predicted molar refractivity (Wildman–Crippen MR) is 79.8 cm³/mol. The Hall–Kier alpha value is -0.860. The topological polar surface area (TPSA) is 29.3 Å². The third-order valence-electron chi connectivity index (χ3n) is 3.51. The number of hydrogen-bond acceptors (Lipinski definition) is 2. The molecule has 0 bridgehead atoms. The zero-order valence-electron chi connectivity index (χ0n) is 12.5. The summed E-state index contributed by atoms with van der Waals surface area (Å²) in [6, 6.07) is 9.78. The fourth-order valence-electron chi connectivity index (χ4n) is 2.25. The Labute approximate surface area is 112 Å². The summed E-state index contributed by atoms with van der Waals surface area (Å²) in [6.45, 7) is 6.54. The van der Waals surface area contributed by atoms with Crippen LogP contribution in [0.25, 0.3) is 0 Å². The molecule has 0 amide bonds. The van der Waals surface area contributed by atoms with Gasteiger partial charge in [-0.05, 0) is 50.9 Å². The van der Waals surface area contributed by atoms with Gasteiger partial charge in [0, 0.05) is 12.1 Å². The van der Waals surface area contributed by atoms with Crippen LogP contribution >= 0.6 is 0 Å². The van der Waals surface area contributed by atoms with Gasteiger partial charge in [0.25, 0.3) is 0 Å². The molecule has 0 fully saturated rings. The molecule has 0 radical (unpaired) electrons. The molecule has 1 aromatic rings. The molecule has 0 aliphatic heterocycles. The van der Waals surface area contributed by atoms with Crippen LogP contribution in [0, 0.1) is 0 Å². The van der Waals surface area contributed by atoms with Gasteiger partial charge < -0.3 is 10.6 Å². The molecule has 0 heterocycles. The van der Waals surface area contributed by atoms with E-state index >= 15 is 0 Å². The van der Waals surface area contributed by atoms with Crippen LogP contribution in [-0.4, -0.2) is 25.0 Å². The number of nitrogens with zero attached hydrogens (tertiary/aromatic N) is 1. The maximum absolute atomic E-state index is 5.86. The molecule has 1 aromatic carbocycles. The standard InChI is InChI=1S/C16H28N2/c1-12(2)14-7-9-15(10-8-14)16(18(4)5)11-6-13(3)17/h7-10,12-13,16H,6,11,17H2,1-5H3. The maximum atomic E-state index is 5.86. The molecule has 2 heteroatoms. The summed E-state index contributed by atoms with van der Waals surface area (Å²) < 4.78 is 0. The summed E-state index contributed by atoms with van der Waals surface area (Å²) >= 11 is 0. The highest BCUT2D eigenvalue weighted by molar-refractivity contribution is 5.26. The van der Waals surface area contributed by atoms with Gasteiger partial charge in [0.05, 0.1) is 0 Å². The van der Waals surface area contributed by atoms with Gasteiger partial charge in [-0.15, -0.1) is 0 Å². The first-order chi connectivity index (χ1) is 8.41. The third-order valence-corrected chi connectivity index (χ3v) is 3.51. The summed E-state index contributed by atoms with van der Waals surface area (Å²) in [7, 11) is 4.28. The van der Waals surface area contributed by atoms with Gasteiger partial charge >= 0.3 is 0 Å². The number of rotatable bonds is 6. The van der Waals surface area contributed by atoms with Gasteiger partial charge in [0.2, 0.25) is 0 Å². The summed E-state index contributed by atoms with van der Waals surface area (Å²) in [5, 5.41) is 0. The normalized spacial score (nSPS) is 15.1. The Morgan fingerprint density at radius 2 is 1.44 bits per heavy atom. The Balaban J connectivity index is 2.79. The van der Waals surface area contributed by atoms with Crippen LogP contribution in [-0.2, 0) is 0 Å². The van der Waals surface area contributed by atoms with E-state index < -0.39 is 0 Å². The smallest absolute Gasteiger partial charge is 0.0342 e. The molecule has 2 atom stereocenters. The SMILES string of the molecule is CC(N)CCC(c1ccc(C(C)C)cc1)N(C)C. The molecule has 2 nitrogen and oxygen atoms in total. The van der Waals surface area contributed by atoms with E-state index in [2.05, 4.69) is 64.0 Å². The minimum absolute atomic E-state index is 0.280. The van der Waals surface area contributed by atoms with Gasteiger partial charge in [0.15, 0.2) is 0 Å². The molecule has 18 heavy (non-hydrogen) atoms. The fraction of sp³-hybridized carbons (Fsp3) is 0.625. The van der Waals surface area contributed by atoms with Gasteiger partial charge in [-0.25, -0.2) is 0 Å². The number of benzene rings is 1. The quantitative estimate of drug-likeness (QED) is 0.834. The summed E-state index contributed by atoms with van der Waals surface area (Å²) in [5.74, 6) is 0.598. The van der Waals surface area contributed by atoms with Crippen molar-refractivity contribution in [1.29, 1.82) is 0 Å². The molecule has 0 spiro atoms. The Morgan fingerprint density at radius 1 is 0.944 bits per heavy atom. The van der Waals surface area contributed by atoms with Crippen molar-refractivity contribution < 1.29 is 0 Å². The molecular weight excluding hydrogens is 220 g/mol. The van der Waals surface area contributed by atoms with Crippen LogP contribution in [0.2, 0.25) is 0 Å². The molecule has 102 valence electrons. The lowest BCUT2D eigenvalue weighted by molar-refractivity contribution is 0.275. The molecular formula is C16H28N2. The van der Waals surface area contributed by atoms with Crippen molar-refractivity contribution in [2.45, 2.75) is 51.6 Å². The first-order valence-electron chi connectivity index (χ1n) is 6.93. The van der Waals surface area contributed by atoms with Crippen molar-refractivity contribution >= 4 is 0 Å². The molecule has 0 aromatic heterocycles. The Kier molecular flexibility index (Phi) is 5.83. The largest absolute Gasteiger partial charge is 0.328 e. The minimum atomic E-state index is 0.280. The van der Waals surface area contributed by atoms with Crippen molar-refractivity contribution in [1.82, 2.24) is 4.90 Å². The van der Waals surface area contributed by atoms with Crippen molar-refractivity contribution in [3.05, 3.63) is 35.4 Å². The van der Waals surface area contributed by atoms with E-state index in [1.807, 2.05) is 0 Å². The molecule has 2 N–H and O–H groups in total. The van der Waals surface area contributed by atoms with E-state index in [9.17, 15) is 0 Å². The predicted octanol–water partition coefficient (Wildman–Crippen LogP) is 3.54. The van der Waals surface area contributed by atoms with Crippen LogP contribution in [0.3, 0.4) is 0 Å². The Bertz CT molecular complexity index is 339. The molecule has 0 saturated carbocycles. The van der Waals surface area contributed by atoms with Crippen molar-refractivity contribution in [2.75, 3.05) is 14.1 Å². The molecule has 0 aliphatic rings. The molecule has 0 aliphatic carbocycles.